The van der Waals surface area contributed by atoms with Crippen LogP contribution in [0.5, 0.6) is 0 Å². The van der Waals surface area contributed by atoms with E-state index in [2.05, 4.69) is 30.7 Å². The first-order chi connectivity index (χ1) is 21.2. The van der Waals surface area contributed by atoms with Crippen molar-refractivity contribution in [2.75, 3.05) is 34.8 Å². The van der Waals surface area contributed by atoms with E-state index in [1.54, 1.807) is 24.4 Å². The average Bonchev–Trinajstić information content (AvgIpc) is 3.71. The number of hydrogen-bond donors (Lipinski definition) is 3. The van der Waals surface area contributed by atoms with E-state index in [1.807, 2.05) is 55.9 Å². The van der Waals surface area contributed by atoms with E-state index < -0.39 is 23.5 Å². The number of amides is 2. The molecular weight excluding hydrogens is 601 g/mol. The highest BCUT2D eigenvalue weighted by atomic mass is 35.5. The van der Waals surface area contributed by atoms with Gasteiger partial charge in [-0.25, -0.2) is 14.4 Å². The van der Waals surface area contributed by atoms with E-state index in [0.717, 1.165) is 58.4 Å². The fourth-order valence-electron chi connectivity index (χ4n) is 5.29. The van der Waals surface area contributed by atoms with Gasteiger partial charge in [-0.05, 0) is 68.1 Å². The Morgan fingerprint density at radius 2 is 1.82 bits per heavy atom. The lowest BCUT2D eigenvalue weighted by atomic mass is 10.0. The highest BCUT2D eigenvalue weighted by Gasteiger charge is 2.51. The molecule has 0 spiro atoms. The maximum Gasteiger partial charge on any atom is 0.258 e. The minimum absolute atomic E-state index is 0.0626. The number of alkyl halides is 1. The fourth-order valence-corrected chi connectivity index (χ4v) is 6.39. The van der Waals surface area contributed by atoms with Crippen molar-refractivity contribution in [2.45, 2.75) is 44.8 Å². The van der Waals surface area contributed by atoms with Gasteiger partial charge in [-0.1, -0.05) is 29.8 Å². The van der Waals surface area contributed by atoms with Gasteiger partial charge in [0.25, 0.3) is 5.91 Å². The number of anilines is 2. The number of rotatable bonds is 9. The molecule has 3 N–H and O–H groups in total. The number of carbonyl (C=O) groups is 2. The standard InChI is InChI=1S/C32H33ClFN7O2S/c1-19-28(20(2)40-39-19)21-3-6-24(7-4-21)36-29(42)27(37-30(43)32(34)10-11-32)18-23-17-22(5-8-25(23)33)26-9-12-35-31(38-26)41-13-15-44-16-14-41/h3-9,12,17,27H,10-11,13-16,18H2,1-2H3,(H,36,42)(H,37,43)(H,39,40)/t27-/m0/s1. The van der Waals surface area contributed by atoms with Crippen LogP contribution in [0.1, 0.15) is 29.8 Å². The number of H-pyrrole nitrogens is 1. The SMILES string of the molecule is Cc1n[nH]c(C)c1-c1ccc(NC(=O)[C@H](Cc2cc(-c3ccnc(N4CCSCC4)n3)ccc2Cl)NC(=O)C2(F)CC2)cc1. The van der Waals surface area contributed by atoms with E-state index >= 15 is 0 Å². The summed E-state index contributed by atoms with van der Waals surface area (Å²) in [6, 6.07) is 13.6. The highest BCUT2D eigenvalue weighted by molar-refractivity contribution is 7.99. The largest absolute Gasteiger partial charge is 0.341 e. The summed E-state index contributed by atoms with van der Waals surface area (Å²) in [5.41, 5.74) is 4.55. The smallest absolute Gasteiger partial charge is 0.258 e. The second-order valence-electron chi connectivity index (χ2n) is 11.2. The third kappa shape index (κ3) is 6.58. The molecule has 4 aromatic rings. The lowest BCUT2D eigenvalue weighted by Gasteiger charge is -2.26. The minimum Gasteiger partial charge on any atom is -0.341 e. The summed E-state index contributed by atoms with van der Waals surface area (Å²) in [6.45, 7) is 5.65. The van der Waals surface area contributed by atoms with Crippen LogP contribution in [-0.4, -0.2) is 68.3 Å². The number of aryl methyl sites for hydroxylation is 2. The summed E-state index contributed by atoms with van der Waals surface area (Å²) in [4.78, 5) is 37.8. The molecule has 2 aliphatic rings. The Morgan fingerprint density at radius 1 is 1.09 bits per heavy atom. The van der Waals surface area contributed by atoms with Gasteiger partial charge in [-0.3, -0.25) is 14.7 Å². The van der Waals surface area contributed by atoms with Crippen LogP contribution in [0.3, 0.4) is 0 Å². The monoisotopic (exact) mass is 633 g/mol. The van der Waals surface area contributed by atoms with Gasteiger partial charge in [0.1, 0.15) is 6.04 Å². The van der Waals surface area contributed by atoms with Crippen LogP contribution in [0.2, 0.25) is 5.02 Å². The van der Waals surface area contributed by atoms with E-state index in [9.17, 15) is 14.0 Å². The summed E-state index contributed by atoms with van der Waals surface area (Å²) in [6.07, 6.45) is 2.08. The molecular formula is C32H33ClFN7O2S. The van der Waals surface area contributed by atoms with Crippen molar-refractivity contribution >= 4 is 46.8 Å². The van der Waals surface area contributed by atoms with Gasteiger partial charge >= 0.3 is 0 Å². The zero-order valence-electron chi connectivity index (χ0n) is 24.5. The van der Waals surface area contributed by atoms with Gasteiger partial charge in [0.2, 0.25) is 11.9 Å². The van der Waals surface area contributed by atoms with E-state index in [0.29, 0.717) is 22.2 Å². The molecule has 2 aromatic heterocycles. The number of nitrogens with one attached hydrogen (secondary N) is 3. The molecule has 2 amide bonds. The first kappa shape index (κ1) is 30.1. The highest BCUT2D eigenvalue weighted by Crippen LogP contribution is 2.40. The topological polar surface area (TPSA) is 116 Å². The van der Waals surface area contributed by atoms with Crippen molar-refractivity contribution in [1.29, 1.82) is 0 Å². The second kappa shape index (κ2) is 12.6. The molecule has 0 radical (unpaired) electrons. The Balaban J connectivity index is 1.23. The molecule has 3 heterocycles. The molecule has 0 unspecified atom stereocenters. The molecule has 228 valence electrons. The molecule has 1 saturated heterocycles. The van der Waals surface area contributed by atoms with Crippen LogP contribution in [0.25, 0.3) is 22.4 Å². The number of carbonyl (C=O) groups excluding carboxylic acids is 2. The fraction of sp³-hybridized carbons (Fsp3) is 0.344. The van der Waals surface area contributed by atoms with Crippen LogP contribution in [-0.2, 0) is 16.0 Å². The van der Waals surface area contributed by atoms with Crippen molar-refractivity contribution in [2.24, 2.45) is 0 Å². The molecule has 12 heteroatoms. The first-order valence-corrected chi connectivity index (χ1v) is 16.1. The number of halogens is 2. The predicted molar refractivity (Wildman–Crippen MR) is 173 cm³/mol. The molecule has 9 nitrogen and oxygen atoms in total. The Bertz CT molecular complexity index is 1670. The van der Waals surface area contributed by atoms with Crippen molar-refractivity contribution in [3.8, 4) is 22.4 Å². The van der Waals surface area contributed by atoms with Crippen molar-refractivity contribution in [1.82, 2.24) is 25.5 Å². The van der Waals surface area contributed by atoms with Gasteiger partial charge < -0.3 is 15.5 Å². The van der Waals surface area contributed by atoms with E-state index in [1.165, 1.54) is 0 Å². The van der Waals surface area contributed by atoms with E-state index in [-0.39, 0.29) is 19.3 Å². The van der Waals surface area contributed by atoms with Gasteiger partial charge in [0.05, 0.1) is 11.4 Å². The Kier molecular flexibility index (Phi) is 8.59. The minimum atomic E-state index is -1.93. The molecule has 1 aliphatic carbocycles. The van der Waals surface area contributed by atoms with Crippen LogP contribution in [0.4, 0.5) is 16.0 Å². The summed E-state index contributed by atoms with van der Waals surface area (Å²) >= 11 is 8.52. The Labute approximate surface area is 264 Å². The lowest BCUT2D eigenvalue weighted by molar-refractivity contribution is -0.131. The molecule has 1 saturated carbocycles. The third-order valence-electron chi connectivity index (χ3n) is 7.99. The van der Waals surface area contributed by atoms with Crippen LogP contribution < -0.4 is 15.5 Å². The Morgan fingerprint density at radius 3 is 2.50 bits per heavy atom. The van der Waals surface area contributed by atoms with Gasteiger partial charge in [0, 0.05) is 64.7 Å². The Hall–Kier alpha value is -3.96. The summed E-state index contributed by atoms with van der Waals surface area (Å²) in [7, 11) is 0. The number of aromatic nitrogens is 4. The summed E-state index contributed by atoms with van der Waals surface area (Å²) < 4.78 is 14.7. The number of benzene rings is 2. The van der Waals surface area contributed by atoms with Crippen molar-refractivity contribution in [3.05, 3.63) is 76.7 Å². The second-order valence-corrected chi connectivity index (χ2v) is 12.9. The molecule has 1 atom stereocenters. The number of nitrogens with zero attached hydrogens (tertiary/aromatic N) is 4. The average molecular weight is 634 g/mol. The maximum atomic E-state index is 14.7. The summed E-state index contributed by atoms with van der Waals surface area (Å²) in [5, 5.41) is 13.2. The number of hydrogen-bond acceptors (Lipinski definition) is 7. The van der Waals surface area contributed by atoms with Crippen molar-refractivity contribution < 1.29 is 14.0 Å². The molecule has 44 heavy (non-hydrogen) atoms. The van der Waals surface area contributed by atoms with Crippen molar-refractivity contribution in [3.63, 3.8) is 0 Å². The van der Waals surface area contributed by atoms with Gasteiger partial charge in [0.15, 0.2) is 5.67 Å². The lowest BCUT2D eigenvalue weighted by Crippen LogP contribution is -2.48. The van der Waals surface area contributed by atoms with Crippen LogP contribution in [0, 0.1) is 13.8 Å². The quantitative estimate of drug-likeness (QED) is 0.222. The maximum absolute atomic E-state index is 14.7. The van der Waals surface area contributed by atoms with Crippen LogP contribution in [0.15, 0.2) is 54.7 Å². The zero-order chi connectivity index (χ0) is 30.8. The first-order valence-electron chi connectivity index (χ1n) is 14.6. The zero-order valence-corrected chi connectivity index (χ0v) is 26.1. The molecule has 6 rings (SSSR count). The van der Waals surface area contributed by atoms with Gasteiger partial charge in [-0.2, -0.15) is 16.9 Å². The van der Waals surface area contributed by atoms with E-state index in [4.69, 9.17) is 16.6 Å². The summed E-state index contributed by atoms with van der Waals surface area (Å²) in [5.74, 6) is 1.47. The number of aromatic amines is 1. The third-order valence-corrected chi connectivity index (χ3v) is 9.30. The predicted octanol–water partition coefficient (Wildman–Crippen LogP) is 5.53. The molecule has 2 fully saturated rings. The number of thioether (sulfide) groups is 1. The molecule has 2 aromatic carbocycles. The van der Waals surface area contributed by atoms with Crippen LogP contribution >= 0.6 is 23.4 Å². The molecule has 0 bridgehead atoms. The normalized spacial score (nSPS) is 16.3. The van der Waals surface area contributed by atoms with Gasteiger partial charge in [-0.15, -0.1) is 0 Å². The molecule has 1 aliphatic heterocycles.